The Kier molecular flexibility index (Phi) is 6.07. The summed E-state index contributed by atoms with van der Waals surface area (Å²) in [4.78, 5) is 32.6. The number of nitrogens with zero attached hydrogens (tertiary/aromatic N) is 3. The molecule has 0 bridgehead atoms. The van der Waals surface area contributed by atoms with E-state index in [-0.39, 0.29) is 24.7 Å². The van der Waals surface area contributed by atoms with Crippen molar-refractivity contribution >= 4 is 34.9 Å². The van der Waals surface area contributed by atoms with Crippen LogP contribution in [0.4, 0.5) is 11.5 Å². The van der Waals surface area contributed by atoms with Crippen LogP contribution in [0, 0.1) is 0 Å². The fourth-order valence-corrected chi connectivity index (χ4v) is 2.99. The van der Waals surface area contributed by atoms with Gasteiger partial charge in [-0.1, -0.05) is 17.7 Å². The van der Waals surface area contributed by atoms with Gasteiger partial charge < -0.3 is 15.1 Å². The van der Waals surface area contributed by atoms with Crippen LogP contribution in [0.15, 0.2) is 48.7 Å². The zero-order valence-corrected chi connectivity index (χ0v) is 15.2. The van der Waals surface area contributed by atoms with Gasteiger partial charge in [0.15, 0.2) is 0 Å². The van der Waals surface area contributed by atoms with Gasteiger partial charge >= 0.3 is 0 Å². The van der Waals surface area contributed by atoms with Crippen molar-refractivity contribution in [3.63, 3.8) is 0 Å². The molecule has 1 saturated heterocycles. The van der Waals surface area contributed by atoms with Crippen LogP contribution in [-0.2, 0) is 9.59 Å². The molecule has 1 aliphatic heterocycles. The number of anilines is 2. The summed E-state index contributed by atoms with van der Waals surface area (Å²) in [6.45, 7) is 2.79. The number of piperazine rings is 1. The lowest BCUT2D eigenvalue weighted by atomic mass is 10.2. The molecule has 3 rings (SSSR count). The molecule has 0 unspecified atom stereocenters. The number of hydrogen-bond acceptors (Lipinski definition) is 4. The average molecular weight is 373 g/mol. The average Bonchev–Trinajstić information content (AvgIpc) is 2.69. The van der Waals surface area contributed by atoms with E-state index in [0.29, 0.717) is 23.8 Å². The number of pyridine rings is 1. The van der Waals surface area contributed by atoms with Crippen molar-refractivity contribution in [2.45, 2.75) is 12.8 Å². The Morgan fingerprint density at radius 3 is 2.38 bits per heavy atom. The molecule has 1 aliphatic rings. The molecule has 0 radical (unpaired) electrons. The van der Waals surface area contributed by atoms with Gasteiger partial charge in [0.05, 0.1) is 0 Å². The first-order chi connectivity index (χ1) is 12.6. The summed E-state index contributed by atoms with van der Waals surface area (Å²) in [5, 5.41) is 3.39. The predicted octanol–water partition coefficient (Wildman–Crippen LogP) is 2.80. The zero-order chi connectivity index (χ0) is 18.4. The second kappa shape index (κ2) is 8.67. The number of amides is 2. The summed E-state index contributed by atoms with van der Waals surface area (Å²) < 4.78 is 0. The molecule has 7 heteroatoms. The number of halogens is 1. The van der Waals surface area contributed by atoms with Crippen LogP contribution < -0.4 is 10.2 Å². The van der Waals surface area contributed by atoms with Gasteiger partial charge in [-0.2, -0.15) is 0 Å². The van der Waals surface area contributed by atoms with Crippen LogP contribution >= 0.6 is 11.6 Å². The second-order valence-corrected chi connectivity index (χ2v) is 6.55. The minimum atomic E-state index is -0.173. The molecule has 1 aromatic carbocycles. The third kappa shape index (κ3) is 4.95. The summed E-state index contributed by atoms with van der Waals surface area (Å²) >= 11 is 5.82. The Bertz CT molecular complexity index is 744. The standard InChI is InChI=1S/C19H21ClN4O2/c20-15-4-6-16(7-5-15)22-18(25)8-9-19(26)24-13-11-23(12-14-24)17-3-1-2-10-21-17/h1-7,10H,8-9,11-14H2,(H,22,25). The highest BCUT2D eigenvalue weighted by Gasteiger charge is 2.22. The van der Waals surface area contributed by atoms with Crippen LogP contribution in [0.2, 0.25) is 5.02 Å². The van der Waals surface area contributed by atoms with Gasteiger partial charge in [0.25, 0.3) is 0 Å². The Morgan fingerprint density at radius 1 is 1.00 bits per heavy atom. The van der Waals surface area contributed by atoms with Crippen LogP contribution in [0.1, 0.15) is 12.8 Å². The van der Waals surface area contributed by atoms with E-state index >= 15 is 0 Å². The van der Waals surface area contributed by atoms with Crippen molar-refractivity contribution < 1.29 is 9.59 Å². The first kappa shape index (κ1) is 18.2. The highest BCUT2D eigenvalue weighted by atomic mass is 35.5. The van der Waals surface area contributed by atoms with Crippen LogP contribution in [0.3, 0.4) is 0 Å². The Balaban J connectivity index is 1.41. The van der Waals surface area contributed by atoms with Crippen LogP contribution in [0.5, 0.6) is 0 Å². The van der Waals surface area contributed by atoms with E-state index in [0.717, 1.165) is 18.9 Å². The van der Waals surface area contributed by atoms with E-state index in [2.05, 4.69) is 15.2 Å². The third-order valence-electron chi connectivity index (χ3n) is 4.30. The Hall–Kier alpha value is -2.60. The van der Waals surface area contributed by atoms with Gasteiger partial charge in [-0.15, -0.1) is 0 Å². The molecule has 2 amide bonds. The Morgan fingerprint density at radius 2 is 1.73 bits per heavy atom. The summed E-state index contributed by atoms with van der Waals surface area (Å²) in [6.07, 6.45) is 2.15. The highest BCUT2D eigenvalue weighted by Crippen LogP contribution is 2.15. The monoisotopic (exact) mass is 372 g/mol. The molecular formula is C19H21ClN4O2. The fraction of sp³-hybridized carbons (Fsp3) is 0.316. The first-order valence-corrected chi connectivity index (χ1v) is 8.99. The van der Waals surface area contributed by atoms with E-state index in [1.807, 2.05) is 23.1 Å². The lowest BCUT2D eigenvalue weighted by molar-refractivity contribution is -0.133. The van der Waals surface area contributed by atoms with Crippen molar-refractivity contribution in [2.75, 3.05) is 36.4 Å². The normalized spacial score (nSPS) is 14.2. The van der Waals surface area contributed by atoms with Crippen molar-refractivity contribution in [1.29, 1.82) is 0 Å². The SMILES string of the molecule is O=C(CCC(=O)N1CCN(c2ccccn2)CC1)Nc1ccc(Cl)cc1. The highest BCUT2D eigenvalue weighted by molar-refractivity contribution is 6.30. The number of nitrogens with one attached hydrogen (secondary N) is 1. The van der Waals surface area contributed by atoms with Crippen molar-refractivity contribution in [1.82, 2.24) is 9.88 Å². The third-order valence-corrected chi connectivity index (χ3v) is 4.55. The molecular weight excluding hydrogens is 352 g/mol. The van der Waals surface area contributed by atoms with E-state index in [9.17, 15) is 9.59 Å². The molecule has 26 heavy (non-hydrogen) atoms. The largest absolute Gasteiger partial charge is 0.353 e. The van der Waals surface area contributed by atoms with E-state index in [1.165, 1.54) is 0 Å². The van der Waals surface area contributed by atoms with Crippen LogP contribution in [-0.4, -0.2) is 47.9 Å². The topological polar surface area (TPSA) is 65.5 Å². The van der Waals surface area contributed by atoms with E-state index in [4.69, 9.17) is 11.6 Å². The van der Waals surface area contributed by atoms with Crippen molar-refractivity contribution in [2.24, 2.45) is 0 Å². The van der Waals surface area contributed by atoms with Gasteiger partial charge in [0.2, 0.25) is 11.8 Å². The van der Waals surface area contributed by atoms with Gasteiger partial charge in [0.1, 0.15) is 5.82 Å². The smallest absolute Gasteiger partial charge is 0.224 e. The van der Waals surface area contributed by atoms with Gasteiger partial charge in [-0.05, 0) is 36.4 Å². The summed E-state index contributed by atoms with van der Waals surface area (Å²) in [7, 11) is 0. The molecule has 0 atom stereocenters. The number of benzene rings is 1. The van der Waals surface area contributed by atoms with Crippen molar-refractivity contribution in [3.05, 3.63) is 53.7 Å². The van der Waals surface area contributed by atoms with E-state index in [1.54, 1.807) is 30.5 Å². The minimum absolute atomic E-state index is 0.0110. The van der Waals surface area contributed by atoms with Crippen LogP contribution in [0.25, 0.3) is 0 Å². The maximum Gasteiger partial charge on any atom is 0.224 e. The molecule has 1 N–H and O–H groups in total. The molecule has 136 valence electrons. The summed E-state index contributed by atoms with van der Waals surface area (Å²) in [5.74, 6) is 0.770. The maximum absolute atomic E-state index is 12.3. The molecule has 6 nitrogen and oxygen atoms in total. The van der Waals surface area contributed by atoms with Crippen molar-refractivity contribution in [3.8, 4) is 0 Å². The molecule has 1 fully saturated rings. The Labute approximate surface area is 157 Å². The van der Waals surface area contributed by atoms with Gasteiger partial charge in [-0.25, -0.2) is 4.98 Å². The van der Waals surface area contributed by atoms with Gasteiger partial charge in [-0.3, -0.25) is 9.59 Å². The lowest BCUT2D eigenvalue weighted by Gasteiger charge is -2.35. The summed E-state index contributed by atoms with van der Waals surface area (Å²) in [6, 6.07) is 12.7. The number of hydrogen-bond donors (Lipinski definition) is 1. The lowest BCUT2D eigenvalue weighted by Crippen LogP contribution is -2.49. The molecule has 1 aromatic heterocycles. The number of carbonyl (C=O) groups is 2. The molecule has 0 saturated carbocycles. The molecule has 0 spiro atoms. The maximum atomic E-state index is 12.3. The number of carbonyl (C=O) groups excluding carboxylic acids is 2. The number of rotatable bonds is 5. The zero-order valence-electron chi connectivity index (χ0n) is 14.4. The van der Waals surface area contributed by atoms with E-state index < -0.39 is 0 Å². The van der Waals surface area contributed by atoms with Gasteiger partial charge in [0, 0.05) is 55.9 Å². The molecule has 2 aromatic rings. The quantitative estimate of drug-likeness (QED) is 0.876. The first-order valence-electron chi connectivity index (χ1n) is 8.61. The second-order valence-electron chi connectivity index (χ2n) is 6.11. The fourth-order valence-electron chi connectivity index (χ4n) is 2.86. The minimum Gasteiger partial charge on any atom is -0.353 e. The predicted molar refractivity (Wildman–Crippen MR) is 102 cm³/mol. The summed E-state index contributed by atoms with van der Waals surface area (Å²) in [5.41, 5.74) is 0.677. The molecule has 2 heterocycles. The molecule has 0 aliphatic carbocycles. The number of aromatic nitrogens is 1.